The minimum Gasteiger partial charge on any atom is -0.550 e. The lowest BCUT2D eigenvalue weighted by atomic mass is 10.2. The highest BCUT2D eigenvalue weighted by Gasteiger charge is 2.37. The molecule has 0 fully saturated rings. The second-order valence-electron chi connectivity index (χ2n) is 6.66. The zero-order valence-corrected chi connectivity index (χ0v) is 19.2. The van der Waals surface area contributed by atoms with Gasteiger partial charge in [0.2, 0.25) is 6.34 Å². The Morgan fingerprint density at radius 2 is 1.73 bits per heavy atom. The van der Waals surface area contributed by atoms with Gasteiger partial charge in [-0.25, -0.2) is 4.79 Å². The minimum absolute atomic E-state index is 0.212. The van der Waals surface area contributed by atoms with Crippen LogP contribution in [-0.2, 0) is 34.2 Å². The first-order valence-corrected chi connectivity index (χ1v) is 11.6. The Balaban J connectivity index is 0.00000103. The third-order valence-corrected chi connectivity index (χ3v) is 7.27. The summed E-state index contributed by atoms with van der Waals surface area (Å²) in [5.74, 6) is -1.29. The fourth-order valence-corrected chi connectivity index (χ4v) is 4.60. The zero-order chi connectivity index (χ0) is 22.4. The van der Waals surface area contributed by atoms with Gasteiger partial charge in [0.05, 0.1) is 6.54 Å². The quantitative estimate of drug-likeness (QED) is 0.272. The van der Waals surface area contributed by atoms with Crippen LogP contribution in [0.4, 0.5) is 0 Å². The summed E-state index contributed by atoms with van der Waals surface area (Å²) in [7, 11) is 2.38. The van der Waals surface area contributed by atoms with E-state index in [-0.39, 0.29) is 12.5 Å². The van der Waals surface area contributed by atoms with E-state index in [9.17, 15) is 4.79 Å². The van der Waals surface area contributed by atoms with Gasteiger partial charge in [-0.2, -0.15) is 0 Å². The summed E-state index contributed by atoms with van der Waals surface area (Å²) >= 11 is 0. The molecule has 0 spiro atoms. The van der Waals surface area contributed by atoms with Crippen LogP contribution in [0.5, 0.6) is 0 Å². The van der Waals surface area contributed by atoms with E-state index in [0.29, 0.717) is 6.61 Å². The molecule has 0 atom stereocenters. The highest BCUT2D eigenvalue weighted by molar-refractivity contribution is 6.60. The van der Waals surface area contributed by atoms with Gasteiger partial charge >= 0.3 is 14.8 Å². The van der Waals surface area contributed by atoms with Crippen LogP contribution in [0.2, 0.25) is 6.04 Å². The molecule has 1 aliphatic heterocycles. The maximum absolute atomic E-state index is 12.0. The van der Waals surface area contributed by atoms with Gasteiger partial charge in [0.25, 0.3) is 0 Å². The third-order valence-electron chi connectivity index (χ3n) is 4.44. The normalized spacial score (nSPS) is 13.3. The van der Waals surface area contributed by atoms with Crippen LogP contribution in [0, 0.1) is 0 Å². The summed E-state index contributed by atoms with van der Waals surface area (Å²) in [5, 5.41) is 8.89. The van der Waals surface area contributed by atoms with Crippen LogP contribution < -0.4 is 5.11 Å². The summed E-state index contributed by atoms with van der Waals surface area (Å²) < 4.78 is 23.6. The van der Waals surface area contributed by atoms with Gasteiger partial charge < -0.3 is 27.9 Å². The van der Waals surface area contributed by atoms with Gasteiger partial charge in [0, 0.05) is 33.3 Å². The second kappa shape index (κ2) is 13.9. The number of hydrogen-bond acceptors (Lipinski definition) is 8. The number of ether oxygens (including phenoxy) is 1. The lowest BCUT2D eigenvalue weighted by Crippen LogP contribution is -2.43. The molecule has 10 heteroatoms. The first kappa shape index (κ1) is 25.8. The summed E-state index contributed by atoms with van der Waals surface area (Å²) in [6.45, 7) is 4.15. The van der Waals surface area contributed by atoms with E-state index in [2.05, 4.69) is 4.90 Å². The van der Waals surface area contributed by atoms with Crippen molar-refractivity contribution >= 4 is 27.1 Å². The van der Waals surface area contributed by atoms with Crippen LogP contribution >= 0.6 is 0 Å². The second-order valence-corrected chi connectivity index (χ2v) is 9.75. The van der Waals surface area contributed by atoms with Crippen molar-refractivity contribution in [1.29, 1.82) is 0 Å². The van der Waals surface area contributed by atoms with E-state index in [1.807, 2.05) is 41.2 Å². The zero-order valence-electron chi connectivity index (χ0n) is 18.2. The number of benzene rings is 1. The number of carboxylic acid groups (broad SMARTS) is 1. The van der Waals surface area contributed by atoms with E-state index in [0.717, 1.165) is 44.6 Å². The topological polar surface area (TPSA) is 100 Å². The average molecular weight is 441 g/mol. The number of hydrogen-bond donors (Lipinski definition) is 0. The molecule has 0 saturated carbocycles. The third kappa shape index (κ3) is 9.97. The molecule has 0 aliphatic carbocycles. The molecular weight excluding hydrogens is 408 g/mol. The number of carboxylic acids is 1. The van der Waals surface area contributed by atoms with Crippen molar-refractivity contribution in [2.24, 2.45) is 0 Å². The molecule has 1 aromatic rings. The van der Waals surface area contributed by atoms with Gasteiger partial charge in [-0.05, 0) is 18.9 Å². The predicted octanol–water partition coefficient (Wildman–Crippen LogP) is 0.111. The molecule has 168 valence electrons. The van der Waals surface area contributed by atoms with Gasteiger partial charge in [-0.3, -0.25) is 9.48 Å². The predicted molar refractivity (Wildman–Crippen MR) is 111 cm³/mol. The smallest absolute Gasteiger partial charge is 0.500 e. The molecule has 0 bridgehead atoms. The van der Waals surface area contributed by atoms with E-state index in [1.165, 1.54) is 0 Å². The van der Waals surface area contributed by atoms with Crippen LogP contribution in [0.25, 0.3) is 0 Å². The van der Waals surface area contributed by atoms with E-state index >= 15 is 0 Å². The Labute approximate surface area is 179 Å². The van der Waals surface area contributed by atoms with Crippen molar-refractivity contribution in [1.82, 2.24) is 4.90 Å². The largest absolute Gasteiger partial charge is 0.550 e. The van der Waals surface area contributed by atoms with Crippen LogP contribution in [0.1, 0.15) is 18.9 Å². The van der Waals surface area contributed by atoms with Crippen LogP contribution in [0.15, 0.2) is 30.3 Å². The number of nitrogens with zero attached hydrogens (tertiary/aromatic N) is 2. The van der Waals surface area contributed by atoms with Crippen LogP contribution in [-0.4, -0.2) is 84.1 Å². The summed E-state index contributed by atoms with van der Waals surface area (Å²) in [6, 6.07) is 10.5. The molecule has 0 radical (unpaired) electrons. The van der Waals surface area contributed by atoms with E-state index in [4.69, 9.17) is 27.9 Å². The first-order valence-electron chi connectivity index (χ1n) is 9.69. The average Bonchev–Trinajstić information content (AvgIpc) is 3.17. The molecule has 1 aromatic carbocycles. The molecule has 9 nitrogen and oxygen atoms in total. The van der Waals surface area contributed by atoms with Gasteiger partial charge in [0.15, 0.2) is 6.54 Å². The monoisotopic (exact) mass is 440 g/mol. The Hall–Kier alpha value is -2.27. The molecule has 0 N–H and O–H groups in total. The highest BCUT2D eigenvalue weighted by atomic mass is 28.4. The van der Waals surface area contributed by atoms with Crippen molar-refractivity contribution in [3.05, 3.63) is 35.9 Å². The Morgan fingerprint density at radius 3 is 2.30 bits per heavy atom. The van der Waals surface area contributed by atoms with Gasteiger partial charge in [0.1, 0.15) is 19.7 Å². The van der Waals surface area contributed by atoms with Crippen molar-refractivity contribution in [3.8, 4) is 0 Å². The molecule has 0 amide bonds. The molecule has 0 aromatic heterocycles. The standard InChI is InChI=1S/C18H29N2O5Si.C2H4O2/c1-22-26(23-2,24-3)13-7-10-19-11-12-20(16-19)14-18(21)25-15-17-8-5-4-6-9-17;1-2(3)4/h4-6,8-9,16H,7,10-15H2,1-3H3;1H3,(H,3,4)/q+1;/p-1. The fourth-order valence-electron chi connectivity index (χ4n) is 2.90. The number of carbonyl (C=O) groups is 2. The van der Waals surface area contributed by atoms with E-state index in [1.54, 1.807) is 21.3 Å². The SMILES string of the molecule is CC(=O)[O-].CO[Si](CCCN1C=[N+](CC(=O)OCc2ccccc2)CC1)(OC)OC. The van der Waals surface area contributed by atoms with Gasteiger partial charge in [-0.15, -0.1) is 0 Å². The lowest BCUT2D eigenvalue weighted by molar-refractivity contribution is -0.504. The number of aliphatic carboxylic acids is 1. The van der Waals surface area contributed by atoms with Crippen molar-refractivity contribution in [2.75, 3.05) is 47.5 Å². The Bertz CT molecular complexity index is 669. The maximum atomic E-state index is 12.0. The summed E-state index contributed by atoms with van der Waals surface area (Å²) in [5.41, 5.74) is 0.995. The highest BCUT2D eigenvalue weighted by Crippen LogP contribution is 2.15. The number of carbonyl (C=O) groups excluding carboxylic acids is 2. The Morgan fingerprint density at radius 1 is 1.13 bits per heavy atom. The number of esters is 1. The minimum atomic E-state index is -2.50. The molecule has 0 unspecified atom stereocenters. The molecule has 30 heavy (non-hydrogen) atoms. The number of rotatable bonds is 11. The maximum Gasteiger partial charge on any atom is 0.500 e. The summed E-state index contributed by atoms with van der Waals surface area (Å²) in [6.07, 6.45) is 2.91. The molecule has 0 saturated heterocycles. The van der Waals surface area contributed by atoms with E-state index < -0.39 is 14.8 Å². The van der Waals surface area contributed by atoms with Crippen molar-refractivity contribution in [3.63, 3.8) is 0 Å². The van der Waals surface area contributed by atoms with Gasteiger partial charge in [-0.1, -0.05) is 30.3 Å². The molecular formula is C20H32N2O7Si. The van der Waals surface area contributed by atoms with Crippen LogP contribution in [0.3, 0.4) is 0 Å². The molecule has 2 rings (SSSR count). The molecule has 1 heterocycles. The van der Waals surface area contributed by atoms with Crippen molar-refractivity contribution in [2.45, 2.75) is 26.0 Å². The first-order chi connectivity index (χ1) is 14.3. The Kier molecular flexibility index (Phi) is 11.9. The van der Waals surface area contributed by atoms with Crippen molar-refractivity contribution < 1.29 is 37.3 Å². The lowest BCUT2D eigenvalue weighted by Gasteiger charge is -2.24. The summed E-state index contributed by atoms with van der Waals surface area (Å²) in [4.78, 5) is 23.1. The fraction of sp³-hybridized carbons (Fsp3) is 0.550. The molecule has 1 aliphatic rings.